The lowest BCUT2D eigenvalue weighted by molar-refractivity contribution is -0.223. The number of esters is 1. The standard InChI is InChI=1S/C28H28F6O3S/c1-4-6-7-8-18-9-12-21(22(13-18)27(29,30)31)24-14-19-10-11-20(15-23(19)37-24)38-17-26(3,28(32,33)34)16-36-25(35)5-2/h5,9-15H,2,4,6-8,16-17H2,1,3H3. The topological polar surface area (TPSA) is 39.4 Å². The molecule has 1 atom stereocenters. The van der Waals surface area contributed by atoms with Crippen LogP contribution in [0.25, 0.3) is 22.3 Å². The highest BCUT2D eigenvalue weighted by molar-refractivity contribution is 7.99. The number of carbonyl (C=O) groups is 1. The third-order valence-electron chi connectivity index (χ3n) is 6.16. The average molecular weight is 559 g/mol. The van der Waals surface area contributed by atoms with Crippen LogP contribution in [0, 0.1) is 5.41 Å². The molecule has 0 aliphatic rings. The zero-order chi connectivity index (χ0) is 28.1. The van der Waals surface area contributed by atoms with Crippen molar-refractivity contribution in [2.24, 2.45) is 5.41 Å². The van der Waals surface area contributed by atoms with Crippen molar-refractivity contribution in [1.82, 2.24) is 0 Å². The first-order chi connectivity index (χ1) is 17.8. The summed E-state index contributed by atoms with van der Waals surface area (Å²) < 4.78 is 93.2. The van der Waals surface area contributed by atoms with Gasteiger partial charge in [0, 0.05) is 27.7 Å². The van der Waals surface area contributed by atoms with Gasteiger partial charge in [-0.2, -0.15) is 26.3 Å². The third-order valence-corrected chi connectivity index (χ3v) is 7.53. The summed E-state index contributed by atoms with van der Waals surface area (Å²) in [7, 11) is 0. The Hall–Kier alpha value is -2.88. The molecule has 206 valence electrons. The van der Waals surface area contributed by atoms with Gasteiger partial charge >= 0.3 is 18.3 Å². The molecule has 0 aliphatic heterocycles. The van der Waals surface area contributed by atoms with Crippen LogP contribution in [0.1, 0.15) is 44.2 Å². The summed E-state index contributed by atoms with van der Waals surface area (Å²) >= 11 is 0.875. The fourth-order valence-corrected chi connectivity index (χ4v) is 4.83. The van der Waals surface area contributed by atoms with E-state index in [1.807, 2.05) is 6.92 Å². The molecule has 0 spiro atoms. The van der Waals surface area contributed by atoms with Gasteiger partial charge in [0.25, 0.3) is 0 Å². The minimum Gasteiger partial charge on any atom is -0.462 e. The average Bonchev–Trinajstić information content (AvgIpc) is 3.28. The molecule has 2 aromatic carbocycles. The molecule has 0 amide bonds. The summed E-state index contributed by atoms with van der Waals surface area (Å²) in [5.74, 6) is -1.40. The third kappa shape index (κ3) is 7.15. The van der Waals surface area contributed by atoms with E-state index in [1.54, 1.807) is 18.2 Å². The molecule has 1 heterocycles. The molecule has 10 heteroatoms. The molecule has 0 bridgehead atoms. The van der Waals surface area contributed by atoms with Crippen LogP contribution in [0.5, 0.6) is 0 Å². The molecule has 3 nitrogen and oxygen atoms in total. The van der Waals surface area contributed by atoms with E-state index in [9.17, 15) is 31.1 Å². The molecule has 0 saturated heterocycles. The highest BCUT2D eigenvalue weighted by atomic mass is 32.2. The molecule has 0 saturated carbocycles. The molecule has 3 aromatic rings. The van der Waals surface area contributed by atoms with E-state index >= 15 is 0 Å². The predicted octanol–water partition coefficient (Wildman–Crippen LogP) is 9.24. The number of hydrogen-bond acceptors (Lipinski definition) is 4. The fraction of sp³-hybridized carbons (Fsp3) is 0.393. The van der Waals surface area contributed by atoms with E-state index in [-0.39, 0.29) is 16.9 Å². The quantitative estimate of drug-likeness (QED) is 0.0773. The molecule has 1 unspecified atom stereocenters. The lowest BCUT2D eigenvalue weighted by atomic mass is 9.94. The van der Waals surface area contributed by atoms with Gasteiger partial charge in [-0.15, -0.1) is 11.8 Å². The number of ether oxygens (including phenoxy) is 1. The first-order valence-corrected chi connectivity index (χ1v) is 13.0. The van der Waals surface area contributed by atoms with Crippen LogP contribution < -0.4 is 0 Å². The number of furan rings is 1. The van der Waals surface area contributed by atoms with Crippen LogP contribution in [0.3, 0.4) is 0 Å². The second kappa shape index (κ2) is 11.9. The van der Waals surface area contributed by atoms with Crippen molar-refractivity contribution in [3.8, 4) is 11.3 Å². The minimum atomic E-state index is -4.65. The Labute approximate surface area is 221 Å². The Balaban J connectivity index is 1.86. The van der Waals surface area contributed by atoms with E-state index in [4.69, 9.17) is 4.42 Å². The molecular weight excluding hydrogens is 530 g/mol. The monoisotopic (exact) mass is 558 g/mol. The molecular formula is C28H28F6O3S. The SMILES string of the molecule is C=CC(=O)OCC(C)(CSc1ccc2cc(-c3ccc(CCCCC)cc3C(F)(F)F)oc2c1)C(F)(F)F. The number of thioether (sulfide) groups is 1. The summed E-state index contributed by atoms with van der Waals surface area (Å²) in [6.45, 7) is 5.26. The predicted molar refractivity (Wildman–Crippen MR) is 136 cm³/mol. The maximum absolute atomic E-state index is 13.9. The van der Waals surface area contributed by atoms with Crippen LogP contribution in [0.2, 0.25) is 0 Å². The summed E-state index contributed by atoms with van der Waals surface area (Å²) in [6, 6.07) is 10.3. The molecule has 1 aromatic heterocycles. The molecule has 3 rings (SSSR count). The van der Waals surface area contributed by atoms with Crippen molar-refractivity contribution in [2.45, 2.75) is 56.8 Å². The summed E-state index contributed by atoms with van der Waals surface area (Å²) in [4.78, 5) is 11.7. The maximum atomic E-state index is 13.9. The number of benzene rings is 2. The van der Waals surface area contributed by atoms with Gasteiger partial charge in [-0.3, -0.25) is 0 Å². The van der Waals surface area contributed by atoms with Gasteiger partial charge in [-0.25, -0.2) is 4.79 Å². The van der Waals surface area contributed by atoms with E-state index < -0.39 is 41.7 Å². The first-order valence-electron chi connectivity index (χ1n) is 12.0. The lowest BCUT2D eigenvalue weighted by Gasteiger charge is -2.30. The number of hydrogen-bond donors (Lipinski definition) is 0. The molecule has 38 heavy (non-hydrogen) atoms. The number of unbranched alkanes of at least 4 members (excludes halogenated alkanes) is 2. The lowest BCUT2D eigenvalue weighted by Crippen LogP contribution is -2.42. The van der Waals surface area contributed by atoms with Crippen LogP contribution in [-0.4, -0.2) is 24.5 Å². The zero-order valence-electron chi connectivity index (χ0n) is 21.0. The highest BCUT2D eigenvalue weighted by Gasteiger charge is 2.52. The van der Waals surface area contributed by atoms with Gasteiger partial charge in [0.05, 0.1) is 5.56 Å². The fourth-order valence-electron chi connectivity index (χ4n) is 3.75. The van der Waals surface area contributed by atoms with E-state index in [0.29, 0.717) is 22.3 Å². The van der Waals surface area contributed by atoms with Crippen molar-refractivity contribution in [2.75, 3.05) is 12.4 Å². The van der Waals surface area contributed by atoms with Crippen LogP contribution >= 0.6 is 11.8 Å². The highest BCUT2D eigenvalue weighted by Crippen LogP contribution is 2.44. The number of halogens is 6. The van der Waals surface area contributed by atoms with Gasteiger partial charge in [0.2, 0.25) is 0 Å². The minimum absolute atomic E-state index is 0.0195. The van der Waals surface area contributed by atoms with Crippen molar-refractivity contribution in [3.63, 3.8) is 0 Å². The number of aryl methyl sites for hydroxylation is 1. The molecule has 0 N–H and O–H groups in total. The van der Waals surface area contributed by atoms with Crippen LogP contribution in [0.4, 0.5) is 26.3 Å². The Bertz CT molecular complexity index is 1280. The van der Waals surface area contributed by atoms with Crippen LogP contribution in [0.15, 0.2) is 64.4 Å². The Morgan fingerprint density at radius 1 is 1.05 bits per heavy atom. The van der Waals surface area contributed by atoms with Crippen molar-refractivity contribution < 1.29 is 40.3 Å². The second-order valence-electron chi connectivity index (χ2n) is 9.30. The van der Waals surface area contributed by atoms with Gasteiger partial charge in [-0.1, -0.05) is 38.5 Å². The zero-order valence-corrected chi connectivity index (χ0v) is 21.8. The van der Waals surface area contributed by atoms with Gasteiger partial charge < -0.3 is 9.15 Å². The summed E-state index contributed by atoms with van der Waals surface area (Å²) in [5, 5.41) is 0.517. The largest absolute Gasteiger partial charge is 0.462 e. The normalized spacial score (nSPS) is 13.9. The first kappa shape index (κ1) is 29.7. The number of rotatable bonds is 11. The summed E-state index contributed by atoms with van der Waals surface area (Å²) in [6.07, 6.45) is -5.23. The van der Waals surface area contributed by atoms with E-state index in [1.165, 1.54) is 18.2 Å². The second-order valence-corrected chi connectivity index (χ2v) is 10.4. The number of fused-ring (bicyclic) bond motifs is 1. The van der Waals surface area contributed by atoms with Crippen molar-refractivity contribution in [1.29, 1.82) is 0 Å². The molecule has 0 radical (unpaired) electrons. The Morgan fingerprint density at radius 2 is 1.79 bits per heavy atom. The van der Waals surface area contributed by atoms with Gasteiger partial charge in [0.15, 0.2) is 0 Å². The maximum Gasteiger partial charge on any atom is 0.417 e. The molecule has 0 fully saturated rings. The van der Waals surface area contributed by atoms with Crippen molar-refractivity contribution in [3.05, 3.63) is 66.2 Å². The van der Waals surface area contributed by atoms with Crippen LogP contribution in [-0.2, 0) is 22.1 Å². The number of alkyl halides is 6. The Morgan fingerprint density at radius 3 is 2.42 bits per heavy atom. The van der Waals surface area contributed by atoms with Crippen molar-refractivity contribution >= 4 is 28.7 Å². The number of carbonyl (C=O) groups excluding carboxylic acids is 1. The molecule has 0 aliphatic carbocycles. The van der Waals surface area contributed by atoms with Gasteiger partial charge in [-0.05, 0) is 55.7 Å². The van der Waals surface area contributed by atoms with Gasteiger partial charge in [0.1, 0.15) is 23.4 Å². The van der Waals surface area contributed by atoms with E-state index in [0.717, 1.165) is 50.1 Å². The van der Waals surface area contributed by atoms with E-state index in [2.05, 4.69) is 11.3 Å². The smallest absolute Gasteiger partial charge is 0.417 e. The summed E-state index contributed by atoms with van der Waals surface area (Å²) in [5.41, 5.74) is -2.39. The Kier molecular flexibility index (Phi) is 9.28.